The largest absolute Gasteiger partial charge is 0.337 e. The van der Waals surface area contributed by atoms with E-state index in [-0.39, 0.29) is 11.6 Å². The minimum atomic E-state index is -0.564. The van der Waals surface area contributed by atoms with E-state index in [0.717, 1.165) is 10.1 Å². The molecule has 24 heavy (non-hydrogen) atoms. The molecular formula is C16H14Cl2N4O2. The predicted molar refractivity (Wildman–Crippen MR) is 96.1 cm³/mol. The Morgan fingerprint density at radius 3 is 2.62 bits per heavy atom. The van der Waals surface area contributed by atoms with Gasteiger partial charge in [-0.25, -0.2) is 14.2 Å². The zero-order chi connectivity index (χ0) is 17.4. The number of nitrogens with two attached hydrogens (primary N) is 1. The SMILES string of the molecule is CN(C(=O)n1c(=O)[nH]c2cc(Cl)c(Cl)cc21)c1ccccc1CN. The van der Waals surface area contributed by atoms with Gasteiger partial charge in [-0.1, -0.05) is 41.4 Å². The number of H-pyrrole nitrogens is 1. The van der Waals surface area contributed by atoms with E-state index in [0.29, 0.717) is 21.7 Å². The molecule has 6 nitrogen and oxygen atoms in total. The van der Waals surface area contributed by atoms with E-state index in [1.54, 1.807) is 19.2 Å². The number of amides is 1. The van der Waals surface area contributed by atoms with Crippen molar-refractivity contribution in [2.75, 3.05) is 11.9 Å². The standard InChI is InChI=1S/C16H14Cl2N4O2/c1-21(13-5-3-2-4-9(13)8-19)16(24)22-14-7-11(18)10(17)6-12(14)20-15(22)23/h2-7H,8,19H2,1H3,(H,20,23). The van der Waals surface area contributed by atoms with Gasteiger partial charge in [-0.15, -0.1) is 0 Å². The Hall–Kier alpha value is -2.28. The summed E-state index contributed by atoms with van der Waals surface area (Å²) >= 11 is 12.0. The minimum Gasteiger partial charge on any atom is -0.326 e. The summed E-state index contributed by atoms with van der Waals surface area (Å²) in [5.74, 6) is 0. The number of aromatic amines is 1. The maximum Gasteiger partial charge on any atom is 0.337 e. The Labute approximate surface area is 147 Å². The van der Waals surface area contributed by atoms with Crippen LogP contribution in [0.5, 0.6) is 0 Å². The molecule has 124 valence electrons. The lowest BCUT2D eigenvalue weighted by Crippen LogP contribution is -2.37. The van der Waals surface area contributed by atoms with Crippen molar-refractivity contribution in [1.82, 2.24) is 9.55 Å². The third kappa shape index (κ3) is 2.69. The molecule has 3 rings (SSSR count). The third-order valence-corrected chi connectivity index (χ3v) is 4.50. The molecule has 0 bridgehead atoms. The summed E-state index contributed by atoms with van der Waals surface area (Å²) in [6.07, 6.45) is 0. The molecule has 0 unspecified atom stereocenters. The second-order valence-corrected chi connectivity index (χ2v) is 6.04. The minimum absolute atomic E-state index is 0.259. The van der Waals surface area contributed by atoms with Gasteiger partial charge in [0.05, 0.1) is 21.1 Å². The first kappa shape index (κ1) is 16.6. The molecule has 1 heterocycles. The number of carbonyl (C=O) groups is 1. The smallest absolute Gasteiger partial charge is 0.326 e. The van der Waals surface area contributed by atoms with E-state index >= 15 is 0 Å². The maximum atomic E-state index is 12.9. The lowest BCUT2D eigenvalue weighted by Gasteiger charge is -2.20. The first-order chi connectivity index (χ1) is 11.4. The summed E-state index contributed by atoms with van der Waals surface area (Å²) in [7, 11) is 1.58. The predicted octanol–water partition coefficient (Wildman–Crippen LogP) is 3.20. The van der Waals surface area contributed by atoms with Crippen LogP contribution in [0.1, 0.15) is 5.56 Å². The zero-order valence-corrected chi connectivity index (χ0v) is 14.2. The van der Waals surface area contributed by atoms with Gasteiger partial charge in [0.2, 0.25) is 0 Å². The molecule has 1 amide bonds. The van der Waals surface area contributed by atoms with Crippen molar-refractivity contribution >= 4 is 46.0 Å². The van der Waals surface area contributed by atoms with E-state index in [1.807, 2.05) is 12.1 Å². The number of para-hydroxylation sites is 1. The molecule has 1 aromatic heterocycles. The Bertz CT molecular complexity index is 993. The summed E-state index contributed by atoms with van der Waals surface area (Å²) < 4.78 is 1.02. The maximum absolute atomic E-state index is 12.9. The second kappa shape index (κ2) is 6.32. The van der Waals surface area contributed by atoms with Crippen molar-refractivity contribution in [2.24, 2.45) is 5.73 Å². The fraction of sp³-hybridized carbons (Fsp3) is 0.125. The number of imidazole rings is 1. The highest BCUT2D eigenvalue weighted by Gasteiger charge is 2.21. The molecule has 0 radical (unpaired) electrons. The van der Waals surface area contributed by atoms with Crippen molar-refractivity contribution in [1.29, 1.82) is 0 Å². The molecular weight excluding hydrogens is 351 g/mol. The molecule has 0 spiro atoms. The Morgan fingerprint density at radius 2 is 1.92 bits per heavy atom. The number of anilines is 1. The van der Waals surface area contributed by atoms with Crippen molar-refractivity contribution in [3.05, 3.63) is 62.5 Å². The summed E-state index contributed by atoms with van der Waals surface area (Å²) in [6, 6.07) is 9.70. The van der Waals surface area contributed by atoms with Crippen LogP contribution in [0, 0.1) is 0 Å². The van der Waals surface area contributed by atoms with Crippen molar-refractivity contribution < 1.29 is 4.79 Å². The van der Waals surface area contributed by atoms with E-state index in [9.17, 15) is 9.59 Å². The Balaban J connectivity index is 2.13. The van der Waals surface area contributed by atoms with E-state index in [2.05, 4.69) is 4.98 Å². The van der Waals surface area contributed by atoms with Crippen LogP contribution in [0.4, 0.5) is 10.5 Å². The summed E-state index contributed by atoms with van der Waals surface area (Å²) in [6.45, 7) is 0.276. The number of carbonyl (C=O) groups excluding carboxylic acids is 1. The number of rotatable bonds is 2. The summed E-state index contributed by atoms with van der Waals surface area (Å²) in [5.41, 5.74) is 7.37. The van der Waals surface area contributed by atoms with Gasteiger partial charge < -0.3 is 10.7 Å². The molecule has 0 aliphatic carbocycles. The molecule has 3 aromatic rings. The van der Waals surface area contributed by atoms with Gasteiger partial charge in [0.25, 0.3) is 0 Å². The molecule has 0 fully saturated rings. The van der Waals surface area contributed by atoms with Crippen LogP contribution in [-0.4, -0.2) is 22.6 Å². The van der Waals surface area contributed by atoms with E-state index < -0.39 is 11.7 Å². The molecule has 0 saturated carbocycles. The average Bonchev–Trinajstić information content (AvgIpc) is 2.88. The first-order valence-electron chi connectivity index (χ1n) is 7.10. The highest BCUT2D eigenvalue weighted by atomic mass is 35.5. The van der Waals surface area contributed by atoms with Gasteiger partial charge in [-0.2, -0.15) is 0 Å². The van der Waals surface area contributed by atoms with Crippen molar-refractivity contribution in [2.45, 2.75) is 6.54 Å². The summed E-state index contributed by atoms with van der Waals surface area (Å²) in [4.78, 5) is 29.1. The van der Waals surface area contributed by atoms with Crippen LogP contribution in [-0.2, 0) is 6.54 Å². The van der Waals surface area contributed by atoms with Gasteiger partial charge in [-0.3, -0.25) is 4.90 Å². The van der Waals surface area contributed by atoms with E-state index in [4.69, 9.17) is 28.9 Å². The average molecular weight is 365 g/mol. The van der Waals surface area contributed by atoms with Gasteiger partial charge in [0.15, 0.2) is 0 Å². The van der Waals surface area contributed by atoms with Crippen LogP contribution in [0.3, 0.4) is 0 Å². The Morgan fingerprint density at radius 1 is 1.25 bits per heavy atom. The van der Waals surface area contributed by atoms with E-state index in [1.165, 1.54) is 17.0 Å². The quantitative estimate of drug-likeness (QED) is 0.732. The van der Waals surface area contributed by atoms with Crippen LogP contribution >= 0.6 is 23.2 Å². The first-order valence-corrected chi connectivity index (χ1v) is 7.85. The highest BCUT2D eigenvalue weighted by molar-refractivity contribution is 6.42. The van der Waals surface area contributed by atoms with Gasteiger partial charge >= 0.3 is 11.7 Å². The molecule has 0 atom stereocenters. The number of hydrogen-bond acceptors (Lipinski definition) is 3. The summed E-state index contributed by atoms with van der Waals surface area (Å²) in [5, 5.41) is 0.557. The number of hydrogen-bond donors (Lipinski definition) is 2. The van der Waals surface area contributed by atoms with Gasteiger partial charge in [0.1, 0.15) is 0 Å². The monoisotopic (exact) mass is 364 g/mol. The highest BCUT2D eigenvalue weighted by Crippen LogP contribution is 2.27. The van der Waals surface area contributed by atoms with Crippen LogP contribution in [0.25, 0.3) is 11.0 Å². The fourth-order valence-electron chi connectivity index (χ4n) is 2.56. The lowest BCUT2D eigenvalue weighted by molar-refractivity contribution is 0.249. The topological polar surface area (TPSA) is 84.1 Å². The number of nitrogens with zero attached hydrogens (tertiary/aromatic N) is 2. The lowest BCUT2D eigenvalue weighted by atomic mass is 10.1. The zero-order valence-electron chi connectivity index (χ0n) is 12.7. The number of benzene rings is 2. The molecule has 0 aliphatic rings. The number of halogens is 2. The van der Waals surface area contributed by atoms with Crippen molar-refractivity contribution in [3.63, 3.8) is 0 Å². The second-order valence-electron chi connectivity index (χ2n) is 5.22. The Kier molecular flexibility index (Phi) is 4.36. The molecule has 2 aromatic carbocycles. The third-order valence-electron chi connectivity index (χ3n) is 3.78. The fourth-order valence-corrected chi connectivity index (χ4v) is 2.88. The molecule has 0 aliphatic heterocycles. The normalized spacial score (nSPS) is 11.0. The van der Waals surface area contributed by atoms with Crippen LogP contribution < -0.4 is 16.3 Å². The number of fused-ring (bicyclic) bond motifs is 1. The number of nitrogens with one attached hydrogen (secondary N) is 1. The van der Waals surface area contributed by atoms with Gasteiger partial charge in [-0.05, 0) is 23.8 Å². The van der Waals surface area contributed by atoms with Crippen LogP contribution in [0.2, 0.25) is 10.0 Å². The van der Waals surface area contributed by atoms with Crippen LogP contribution in [0.15, 0.2) is 41.2 Å². The molecule has 0 saturated heterocycles. The van der Waals surface area contributed by atoms with Crippen molar-refractivity contribution in [3.8, 4) is 0 Å². The molecule has 3 N–H and O–H groups in total. The molecule has 8 heteroatoms. The number of aromatic nitrogens is 2. The van der Waals surface area contributed by atoms with Gasteiger partial charge in [0, 0.05) is 19.3 Å².